The largest absolute Gasteiger partial charge is 0.321 e. The van der Waals surface area contributed by atoms with Crippen LogP contribution in [0.2, 0.25) is 0 Å². The molecule has 1 aromatic carbocycles. The number of aromatic nitrogens is 2. The third kappa shape index (κ3) is 2.47. The lowest BCUT2D eigenvalue weighted by atomic mass is 10.1. The number of hydrogen-bond acceptors (Lipinski definition) is 3. The van der Waals surface area contributed by atoms with Crippen LogP contribution < -0.4 is 5.73 Å². The van der Waals surface area contributed by atoms with E-state index >= 15 is 0 Å². The minimum atomic E-state index is -0.274. The third-order valence-corrected chi connectivity index (χ3v) is 2.63. The molecule has 1 aromatic heterocycles. The second kappa shape index (κ2) is 5.01. The Morgan fingerprint density at radius 3 is 2.47 bits per heavy atom. The van der Waals surface area contributed by atoms with Crippen LogP contribution in [0.15, 0.2) is 36.7 Å². The fraction of sp³-hybridized carbons (Fsp3) is 0.231. The van der Waals surface area contributed by atoms with Gasteiger partial charge in [0.1, 0.15) is 11.6 Å². The predicted molar refractivity (Wildman–Crippen MR) is 64.6 cm³/mol. The second-order valence-corrected chi connectivity index (χ2v) is 3.82. The molecule has 88 valence electrons. The van der Waals surface area contributed by atoms with Gasteiger partial charge in [0, 0.05) is 23.5 Å². The van der Waals surface area contributed by atoms with E-state index in [4.69, 9.17) is 5.73 Å². The molecular weight excluding hydrogens is 217 g/mol. The molecule has 0 amide bonds. The zero-order valence-electron chi connectivity index (χ0n) is 9.60. The van der Waals surface area contributed by atoms with Gasteiger partial charge in [0.2, 0.25) is 0 Å². The number of rotatable bonds is 3. The first kappa shape index (κ1) is 11.7. The van der Waals surface area contributed by atoms with Crippen molar-refractivity contribution in [1.29, 1.82) is 0 Å². The highest BCUT2D eigenvalue weighted by molar-refractivity contribution is 5.61. The van der Waals surface area contributed by atoms with E-state index in [1.807, 2.05) is 6.92 Å². The van der Waals surface area contributed by atoms with Crippen LogP contribution in [0.4, 0.5) is 4.39 Å². The number of nitrogens with zero attached hydrogens (tertiary/aromatic N) is 2. The molecule has 0 saturated heterocycles. The van der Waals surface area contributed by atoms with Gasteiger partial charge >= 0.3 is 0 Å². The molecule has 1 heterocycles. The molecule has 0 radical (unpaired) electrons. The van der Waals surface area contributed by atoms with E-state index in [1.165, 1.54) is 6.07 Å². The van der Waals surface area contributed by atoms with Gasteiger partial charge in [-0.15, -0.1) is 0 Å². The van der Waals surface area contributed by atoms with E-state index in [-0.39, 0.29) is 11.9 Å². The average molecular weight is 231 g/mol. The van der Waals surface area contributed by atoms with E-state index in [1.54, 1.807) is 30.6 Å². The van der Waals surface area contributed by atoms with Gasteiger partial charge in [0.25, 0.3) is 0 Å². The van der Waals surface area contributed by atoms with Crippen LogP contribution in [-0.4, -0.2) is 9.97 Å². The van der Waals surface area contributed by atoms with Crippen molar-refractivity contribution in [1.82, 2.24) is 9.97 Å². The van der Waals surface area contributed by atoms with Crippen LogP contribution in [-0.2, 0) is 0 Å². The Morgan fingerprint density at radius 1 is 1.24 bits per heavy atom. The Balaban J connectivity index is 2.33. The normalized spacial score (nSPS) is 12.4. The van der Waals surface area contributed by atoms with Gasteiger partial charge in [-0.05, 0) is 12.5 Å². The summed E-state index contributed by atoms with van der Waals surface area (Å²) in [4.78, 5) is 8.33. The predicted octanol–water partition coefficient (Wildman–Crippen LogP) is 2.69. The molecule has 3 nitrogen and oxygen atoms in total. The van der Waals surface area contributed by atoms with Crippen LogP contribution in [0.25, 0.3) is 11.1 Å². The van der Waals surface area contributed by atoms with Gasteiger partial charge in [-0.25, -0.2) is 14.4 Å². The molecule has 17 heavy (non-hydrogen) atoms. The topological polar surface area (TPSA) is 51.8 Å². The highest BCUT2D eigenvalue weighted by Gasteiger charge is 2.08. The highest BCUT2D eigenvalue weighted by atomic mass is 19.1. The van der Waals surface area contributed by atoms with Gasteiger partial charge in [-0.3, -0.25) is 0 Å². The summed E-state index contributed by atoms with van der Waals surface area (Å²) >= 11 is 0. The van der Waals surface area contributed by atoms with E-state index in [0.29, 0.717) is 17.0 Å². The zero-order chi connectivity index (χ0) is 12.3. The molecule has 2 rings (SSSR count). The molecule has 0 spiro atoms. The fourth-order valence-electron chi connectivity index (χ4n) is 1.55. The molecule has 2 N–H and O–H groups in total. The molecule has 1 atom stereocenters. The Hall–Kier alpha value is -1.81. The Labute approximate surface area is 99.5 Å². The number of benzene rings is 1. The first-order chi connectivity index (χ1) is 8.22. The summed E-state index contributed by atoms with van der Waals surface area (Å²) in [6.07, 6.45) is 3.99. The monoisotopic (exact) mass is 231 g/mol. The van der Waals surface area contributed by atoms with Crippen LogP contribution in [0.1, 0.15) is 25.2 Å². The molecular formula is C13H14FN3. The number of nitrogens with two attached hydrogens (primary N) is 1. The average Bonchev–Trinajstić information content (AvgIpc) is 2.39. The molecule has 1 unspecified atom stereocenters. The van der Waals surface area contributed by atoms with Crippen molar-refractivity contribution < 1.29 is 4.39 Å². The van der Waals surface area contributed by atoms with Crippen molar-refractivity contribution in [3.8, 4) is 11.1 Å². The van der Waals surface area contributed by atoms with Crippen molar-refractivity contribution in [2.24, 2.45) is 5.73 Å². The Kier molecular flexibility index (Phi) is 3.44. The van der Waals surface area contributed by atoms with E-state index in [2.05, 4.69) is 9.97 Å². The highest BCUT2D eigenvalue weighted by Crippen LogP contribution is 2.21. The summed E-state index contributed by atoms with van der Waals surface area (Å²) < 4.78 is 13.5. The maximum atomic E-state index is 13.5. The summed E-state index contributed by atoms with van der Waals surface area (Å²) in [5, 5.41) is 0. The zero-order valence-corrected chi connectivity index (χ0v) is 9.60. The molecule has 0 bridgehead atoms. The molecule has 4 heteroatoms. The van der Waals surface area contributed by atoms with E-state index < -0.39 is 0 Å². The third-order valence-electron chi connectivity index (χ3n) is 2.63. The molecule has 0 aliphatic heterocycles. The van der Waals surface area contributed by atoms with Gasteiger partial charge in [-0.2, -0.15) is 0 Å². The lowest BCUT2D eigenvalue weighted by Gasteiger charge is -2.08. The van der Waals surface area contributed by atoms with Crippen molar-refractivity contribution in [2.45, 2.75) is 19.4 Å². The molecule has 0 fully saturated rings. The summed E-state index contributed by atoms with van der Waals surface area (Å²) in [5.74, 6) is 0.316. The van der Waals surface area contributed by atoms with Gasteiger partial charge < -0.3 is 5.73 Å². The number of halogens is 1. The first-order valence-corrected chi connectivity index (χ1v) is 5.54. The lowest BCUT2D eigenvalue weighted by Crippen LogP contribution is -2.12. The smallest absolute Gasteiger partial charge is 0.144 e. The van der Waals surface area contributed by atoms with Gasteiger partial charge in [0.05, 0.1) is 6.04 Å². The minimum absolute atomic E-state index is 0.162. The van der Waals surface area contributed by atoms with E-state index in [9.17, 15) is 4.39 Å². The quantitative estimate of drug-likeness (QED) is 0.883. The first-order valence-electron chi connectivity index (χ1n) is 5.54. The van der Waals surface area contributed by atoms with Crippen LogP contribution in [0.5, 0.6) is 0 Å². The van der Waals surface area contributed by atoms with Crippen molar-refractivity contribution in [3.63, 3.8) is 0 Å². The molecule has 2 aromatic rings. The molecule has 0 aliphatic rings. The van der Waals surface area contributed by atoms with E-state index in [0.717, 1.165) is 6.42 Å². The minimum Gasteiger partial charge on any atom is -0.321 e. The van der Waals surface area contributed by atoms with Crippen molar-refractivity contribution in [2.75, 3.05) is 0 Å². The van der Waals surface area contributed by atoms with Gasteiger partial charge in [0.15, 0.2) is 0 Å². The summed E-state index contributed by atoms with van der Waals surface area (Å²) in [6, 6.07) is 6.39. The molecule has 0 saturated carbocycles. The SMILES string of the molecule is CCC(N)c1ncc(-c2ccccc2F)cn1. The standard InChI is InChI=1S/C13H14FN3/c1-2-12(15)13-16-7-9(8-17-13)10-5-3-4-6-11(10)14/h3-8,12H,2,15H2,1H3. The number of hydrogen-bond donors (Lipinski definition) is 1. The van der Waals surface area contributed by atoms with Crippen LogP contribution in [0, 0.1) is 5.82 Å². The lowest BCUT2D eigenvalue weighted by molar-refractivity contribution is 0.630. The Bertz CT molecular complexity index is 496. The van der Waals surface area contributed by atoms with Crippen molar-refractivity contribution >= 4 is 0 Å². The van der Waals surface area contributed by atoms with Crippen molar-refractivity contribution in [3.05, 3.63) is 48.3 Å². The maximum Gasteiger partial charge on any atom is 0.144 e. The summed E-state index contributed by atoms with van der Waals surface area (Å²) in [6.45, 7) is 1.97. The fourth-order valence-corrected chi connectivity index (χ4v) is 1.55. The van der Waals surface area contributed by atoms with Crippen LogP contribution in [0.3, 0.4) is 0 Å². The summed E-state index contributed by atoms with van der Waals surface area (Å²) in [5.41, 5.74) is 6.98. The van der Waals surface area contributed by atoms with Crippen LogP contribution >= 0.6 is 0 Å². The summed E-state index contributed by atoms with van der Waals surface area (Å²) in [7, 11) is 0. The van der Waals surface area contributed by atoms with Gasteiger partial charge in [-0.1, -0.05) is 25.1 Å². The molecule has 0 aliphatic carbocycles. The maximum absolute atomic E-state index is 13.5. The second-order valence-electron chi connectivity index (χ2n) is 3.82. The Morgan fingerprint density at radius 2 is 1.88 bits per heavy atom.